The molecule has 0 spiro atoms. The summed E-state index contributed by atoms with van der Waals surface area (Å²) in [7, 11) is 1.79. The lowest BCUT2D eigenvalue weighted by Crippen LogP contribution is -2.30. The molecule has 5 aromatic rings. The molecule has 8 heteroatoms. The van der Waals surface area contributed by atoms with E-state index >= 15 is 0 Å². The number of rotatable bonds is 9. The lowest BCUT2D eigenvalue weighted by molar-refractivity contribution is 0.102. The summed E-state index contributed by atoms with van der Waals surface area (Å²) in [5.74, 6) is 0.467. The second kappa shape index (κ2) is 12.2. The molecule has 0 aliphatic carbocycles. The first kappa shape index (κ1) is 27.8. The van der Waals surface area contributed by atoms with Gasteiger partial charge in [-0.05, 0) is 41.8 Å². The highest BCUT2D eigenvalue weighted by Gasteiger charge is 2.29. The number of carbonyl (C=O) groups excluding carboxylic acids is 2. The smallest absolute Gasteiger partial charge is 0.324 e. The predicted octanol–water partition coefficient (Wildman–Crippen LogP) is 6.83. The molecule has 1 N–H and O–H groups in total. The average Bonchev–Trinajstić information content (AvgIpc) is 3.36. The molecule has 3 amide bonds. The summed E-state index contributed by atoms with van der Waals surface area (Å²) in [4.78, 5) is 34.9. The number of amides is 3. The highest BCUT2D eigenvalue weighted by atomic mass is 16.5. The molecule has 1 aliphatic rings. The highest BCUT2D eigenvalue weighted by molar-refractivity contribution is 6.13. The van der Waals surface area contributed by atoms with Gasteiger partial charge >= 0.3 is 6.03 Å². The number of fused-ring (bicyclic) bond motifs is 1. The molecule has 216 valence electrons. The molecule has 0 unspecified atom stereocenters. The van der Waals surface area contributed by atoms with Crippen molar-refractivity contribution in [2.75, 3.05) is 30.4 Å². The van der Waals surface area contributed by atoms with Crippen LogP contribution < -0.4 is 19.7 Å². The van der Waals surface area contributed by atoms with Gasteiger partial charge in [0.05, 0.1) is 22.5 Å². The van der Waals surface area contributed by atoms with Crippen molar-refractivity contribution in [1.82, 2.24) is 9.88 Å². The third-order valence-corrected chi connectivity index (χ3v) is 7.47. The van der Waals surface area contributed by atoms with Crippen LogP contribution in [-0.2, 0) is 13.2 Å². The van der Waals surface area contributed by atoms with Gasteiger partial charge < -0.3 is 19.7 Å². The Labute approximate surface area is 250 Å². The van der Waals surface area contributed by atoms with Gasteiger partial charge in [0, 0.05) is 31.7 Å². The SMILES string of the molecule is Cc1cnc2c(NC(=O)c3cccc(OCc4ccccc4)c3OCc3ccccc3)cccc2c1N1CCN(C)C1=O. The van der Waals surface area contributed by atoms with E-state index in [9.17, 15) is 9.59 Å². The third kappa shape index (κ3) is 5.85. The fourth-order valence-corrected chi connectivity index (χ4v) is 5.23. The van der Waals surface area contributed by atoms with Crippen LogP contribution in [0, 0.1) is 6.92 Å². The van der Waals surface area contributed by atoms with E-state index in [-0.39, 0.29) is 18.5 Å². The summed E-state index contributed by atoms with van der Waals surface area (Å²) >= 11 is 0. The van der Waals surface area contributed by atoms with Crippen LogP contribution in [0.2, 0.25) is 0 Å². The Kier molecular flexibility index (Phi) is 7.91. The summed E-state index contributed by atoms with van der Waals surface area (Å²) in [5.41, 5.74) is 5.13. The van der Waals surface area contributed by atoms with Crippen molar-refractivity contribution in [1.29, 1.82) is 0 Å². The van der Waals surface area contributed by atoms with Gasteiger partial charge in [-0.25, -0.2) is 4.79 Å². The number of ether oxygens (including phenoxy) is 2. The van der Waals surface area contributed by atoms with Crippen molar-refractivity contribution in [3.05, 3.63) is 126 Å². The maximum Gasteiger partial charge on any atom is 0.324 e. The molecule has 1 aromatic heterocycles. The predicted molar refractivity (Wildman–Crippen MR) is 168 cm³/mol. The van der Waals surface area contributed by atoms with Gasteiger partial charge in [-0.15, -0.1) is 0 Å². The molecule has 2 heterocycles. The normalized spacial score (nSPS) is 12.9. The molecule has 1 fully saturated rings. The molecule has 6 rings (SSSR count). The van der Waals surface area contributed by atoms with Gasteiger partial charge in [0.15, 0.2) is 11.5 Å². The number of nitrogens with zero attached hydrogens (tertiary/aromatic N) is 3. The number of aromatic nitrogens is 1. The number of urea groups is 1. The monoisotopic (exact) mass is 572 g/mol. The summed E-state index contributed by atoms with van der Waals surface area (Å²) in [6.45, 7) is 3.77. The maximum absolute atomic E-state index is 13.9. The van der Waals surface area contributed by atoms with E-state index in [4.69, 9.17) is 9.47 Å². The standard InChI is InChI=1S/C35H32N4O4/c1-24-21-36-31-27(32(24)39-20-19-38(2)35(39)41)15-9-17-29(31)37-34(40)28-16-10-18-30(42-22-25-11-5-3-6-12-25)33(28)43-23-26-13-7-4-8-14-26/h3-18,21H,19-20,22-23H2,1-2H3,(H,37,40). The number of carbonyl (C=O) groups is 2. The molecular formula is C35H32N4O4. The number of nitrogens with one attached hydrogen (secondary N) is 1. The summed E-state index contributed by atoms with van der Waals surface area (Å²) in [5, 5.41) is 3.84. The van der Waals surface area contributed by atoms with E-state index in [0.717, 1.165) is 27.8 Å². The second-order valence-electron chi connectivity index (χ2n) is 10.5. The van der Waals surface area contributed by atoms with Crippen LogP contribution in [-0.4, -0.2) is 42.0 Å². The lowest BCUT2D eigenvalue weighted by atomic mass is 10.1. The van der Waals surface area contributed by atoms with E-state index < -0.39 is 0 Å². The van der Waals surface area contributed by atoms with E-state index in [0.29, 0.717) is 48.0 Å². The van der Waals surface area contributed by atoms with Gasteiger partial charge in [-0.1, -0.05) is 78.9 Å². The minimum Gasteiger partial charge on any atom is -0.485 e. The van der Waals surface area contributed by atoms with Gasteiger partial charge in [-0.3, -0.25) is 14.7 Å². The molecule has 1 saturated heterocycles. The van der Waals surface area contributed by atoms with Crippen LogP contribution in [0.3, 0.4) is 0 Å². The lowest BCUT2D eigenvalue weighted by Gasteiger charge is -2.21. The first-order chi connectivity index (χ1) is 21.0. The molecule has 4 aromatic carbocycles. The van der Waals surface area contributed by atoms with E-state index in [1.807, 2.05) is 85.8 Å². The number of aryl methyl sites for hydroxylation is 1. The quantitative estimate of drug-likeness (QED) is 0.209. The zero-order chi connectivity index (χ0) is 29.8. The highest BCUT2D eigenvalue weighted by Crippen LogP contribution is 2.36. The van der Waals surface area contributed by atoms with Gasteiger partial charge in [-0.2, -0.15) is 0 Å². The fraction of sp³-hybridized carbons (Fsp3) is 0.171. The number of likely N-dealkylation sites (N-methyl/N-ethyl adjacent to an activating group) is 1. The number of benzene rings is 4. The minimum atomic E-state index is -0.360. The maximum atomic E-state index is 13.9. The first-order valence-electron chi connectivity index (χ1n) is 14.2. The van der Waals surface area contributed by atoms with Crippen molar-refractivity contribution in [2.45, 2.75) is 20.1 Å². The molecule has 43 heavy (non-hydrogen) atoms. The second-order valence-corrected chi connectivity index (χ2v) is 10.5. The number of hydrogen-bond donors (Lipinski definition) is 1. The van der Waals surface area contributed by atoms with Crippen molar-refractivity contribution in [3.8, 4) is 11.5 Å². The zero-order valence-corrected chi connectivity index (χ0v) is 24.1. The van der Waals surface area contributed by atoms with Crippen molar-refractivity contribution in [3.63, 3.8) is 0 Å². The minimum absolute atomic E-state index is 0.0578. The Bertz CT molecular complexity index is 1780. The van der Waals surface area contributed by atoms with Crippen LogP contribution in [0.4, 0.5) is 16.2 Å². The van der Waals surface area contributed by atoms with Gasteiger partial charge in [0.1, 0.15) is 13.2 Å². The molecule has 0 atom stereocenters. The molecule has 8 nitrogen and oxygen atoms in total. The first-order valence-corrected chi connectivity index (χ1v) is 14.2. The van der Waals surface area contributed by atoms with Gasteiger partial charge in [0.25, 0.3) is 5.91 Å². The van der Waals surface area contributed by atoms with Crippen LogP contribution >= 0.6 is 0 Å². The summed E-state index contributed by atoms with van der Waals surface area (Å²) < 4.78 is 12.4. The number of hydrogen-bond acceptors (Lipinski definition) is 5. The van der Waals surface area contributed by atoms with Crippen LogP contribution in [0.25, 0.3) is 10.9 Å². The number of para-hydroxylation sites is 2. The van der Waals surface area contributed by atoms with Crippen LogP contribution in [0.5, 0.6) is 11.5 Å². The third-order valence-electron chi connectivity index (χ3n) is 7.47. The largest absolute Gasteiger partial charge is 0.485 e. The Morgan fingerprint density at radius 2 is 1.51 bits per heavy atom. The Morgan fingerprint density at radius 3 is 2.19 bits per heavy atom. The molecule has 1 aliphatic heterocycles. The van der Waals surface area contributed by atoms with Crippen molar-refractivity contribution in [2.24, 2.45) is 0 Å². The molecular weight excluding hydrogens is 540 g/mol. The average molecular weight is 573 g/mol. The fourth-order valence-electron chi connectivity index (χ4n) is 5.23. The Morgan fingerprint density at radius 1 is 0.837 bits per heavy atom. The van der Waals surface area contributed by atoms with Crippen LogP contribution in [0.1, 0.15) is 27.0 Å². The van der Waals surface area contributed by atoms with Crippen LogP contribution in [0.15, 0.2) is 103 Å². The number of pyridine rings is 1. The molecule has 0 radical (unpaired) electrons. The summed E-state index contributed by atoms with van der Waals surface area (Å²) in [6.07, 6.45) is 1.74. The van der Waals surface area contributed by atoms with Crippen molar-refractivity contribution >= 4 is 34.2 Å². The van der Waals surface area contributed by atoms with Gasteiger partial charge in [0.2, 0.25) is 0 Å². The van der Waals surface area contributed by atoms with E-state index in [1.54, 1.807) is 41.2 Å². The molecule has 0 bridgehead atoms. The zero-order valence-electron chi connectivity index (χ0n) is 24.1. The number of anilines is 2. The topological polar surface area (TPSA) is 84.0 Å². The molecule has 0 saturated carbocycles. The van der Waals surface area contributed by atoms with E-state index in [2.05, 4.69) is 10.3 Å². The summed E-state index contributed by atoms with van der Waals surface area (Å²) in [6, 6.07) is 30.5. The van der Waals surface area contributed by atoms with E-state index in [1.165, 1.54) is 0 Å². The van der Waals surface area contributed by atoms with Crippen molar-refractivity contribution < 1.29 is 19.1 Å². The Hall–Kier alpha value is -5.37. The Balaban J connectivity index is 1.33.